The Morgan fingerprint density at radius 1 is 1.55 bits per heavy atom. The van der Waals surface area contributed by atoms with E-state index in [1.165, 1.54) is 6.20 Å². The largest absolute Gasteiger partial charge is 0.350 e. The van der Waals surface area contributed by atoms with Gasteiger partial charge in [0.1, 0.15) is 0 Å². The molecule has 1 heterocycles. The summed E-state index contributed by atoms with van der Waals surface area (Å²) >= 11 is 0. The fourth-order valence-corrected chi connectivity index (χ4v) is 0.725. The van der Waals surface area contributed by atoms with E-state index in [0.29, 0.717) is 0 Å². The SMILES string of the molecule is CN1C=CC=C/C1=C/N=O.Cl. The molecule has 0 aliphatic carbocycles. The first-order chi connectivity index (χ1) is 4.84. The summed E-state index contributed by atoms with van der Waals surface area (Å²) in [6.45, 7) is 0. The molecule has 0 fully saturated rings. The van der Waals surface area contributed by atoms with Gasteiger partial charge in [-0.15, -0.1) is 17.3 Å². The number of nitrogens with zero attached hydrogens (tertiary/aromatic N) is 2. The zero-order valence-electron chi connectivity index (χ0n) is 6.10. The van der Waals surface area contributed by atoms with Crippen molar-refractivity contribution in [3.8, 4) is 0 Å². The molecular weight excluding hydrogens is 164 g/mol. The minimum Gasteiger partial charge on any atom is -0.350 e. The molecule has 0 unspecified atom stereocenters. The third kappa shape index (κ3) is 2.55. The summed E-state index contributed by atoms with van der Waals surface area (Å²) < 4.78 is 0. The van der Waals surface area contributed by atoms with Crippen LogP contribution in [0.25, 0.3) is 0 Å². The van der Waals surface area contributed by atoms with Gasteiger partial charge in [0.25, 0.3) is 0 Å². The Bertz CT molecular complexity index is 220. The predicted molar refractivity (Wildman–Crippen MR) is 47.2 cm³/mol. The molecule has 1 aliphatic rings. The summed E-state index contributed by atoms with van der Waals surface area (Å²) in [6, 6.07) is 0. The number of likely N-dealkylation sites (N-methyl/N-ethyl adjacent to an activating group) is 1. The molecule has 0 bridgehead atoms. The van der Waals surface area contributed by atoms with Gasteiger partial charge in [-0.25, -0.2) is 0 Å². The Labute approximate surface area is 71.5 Å². The van der Waals surface area contributed by atoms with E-state index in [-0.39, 0.29) is 12.4 Å². The van der Waals surface area contributed by atoms with Crippen molar-refractivity contribution in [2.75, 3.05) is 7.05 Å². The van der Waals surface area contributed by atoms with Gasteiger partial charge in [0.15, 0.2) is 0 Å². The highest BCUT2D eigenvalue weighted by Gasteiger charge is 1.98. The molecule has 11 heavy (non-hydrogen) atoms. The molecule has 0 N–H and O–H groups in total. The van der Waals surface area contributed by atoms with Crippen molar-refractivity contribution in [1.82, 2.24) is 4.90 Å². The molecule has 0 saturated heterocycles. The first-order valence-corrected chi connectivity index (χ1v) is 2.95. The molecule has 4 heteroatoms. The van der Waals surface area contributed by atoms with Crippen molar-refractivity contribution >= 4 is 12.4 Å². The van der Waals surface area contributed by atoms with Gasteiger partial charge in [-0.1, -0.05) is 6.08 Å². The fourth-order valence-electron chi connectivity index (χ4n) is 0.725. The van der Waals surface area contributed by atoms with E-state index < -0.39 is 0 Å². The average molecular weight is 173 g/mol. The molecule has 1 aliphatic heterocycles. The van der Waals surface area contributed by atoms with Gasteiger partial charge in [0.05, 0.1) is 11.9 Å². The standard InChI is InChI=1S/C7H8N2O.ClH/c1-9-5-3-2-4-7(9)6-8-10;/h2-6H,1H3;1H/b7-6-;. The van der Waals surface area contributed by atoms with E-state index in [4.69, 9.17) is 0 Å². The van der Waals surface area contributed by atoms with Crippen LogP contribution < -0.4 is 0 Å². The highest BCUT2D eigenvalue weighted by molar-refractivity contribution is 5.85. The van der Waals surface area contributed by atoms with Crippen LogP contribution in [0.1, 0.15) is 0 Å². The van der Waals surface area contributed by atoms with E-state index in [2.05, 4.69) is 5.18 Å². The fraction of sp³-hybridized carbons (Fsp3) is 0.143. The number of hydrogen-bond acceptors (Lipinski definition) is 3. The highest BCUT2D eigenvalue weighted by Crippen LogP contribution is 2.08. The monoisotopic (exact) mass is 172 g/mol. The van der Waals surface area contributed by atoms with E-state index in [9.17, 15) is 4.91 Å². The van der Waals surface area contributed by atoms with Crippen LogP contribution in [-0.4, -0.2) is 11.9 Å². The zero-order valence-corrected chi connectivity index (χ0v) is 6.91. The maximum Gasteiger partial charge on any atom is 0.0951 e. The predicted octanol–water partition coefficient (Wildman–Crippen LogP) is 2.03. The quantitative estimate of drug-likeness (QED) is 0.567. The van der Waals surface area contributed by atoms with Crippen molar-refractivity contribution in [3.63, 3.8) is 0 Å². The maximum absolute atomic E-state index is 9.81. The number of allylic oxidation sites excluding steroid dienone is 3. The lowest BCUT2D eigenvalue weighted by atomic mass is 10.3. The van der Waals surface area contributed by atoms with Gasteiger partial charge < -0.3 is 4.90 Å². The van der Waals surface area contributed by atoms with Crippen LogP contribution in [0.15, 0.2) is 41.5 Å². The van der Waals surface area contributed by atoms with Gasteiger partial charge in [0, 0.05) is 13.2 Å². The van der Waals surface area contributed by atoms with E-state index in [0.717, 1.165) is 5.70 Å². The van der Waals surface area contributed by atoms with Crippen LogP contribution in [0.5, 0.6) is 0 Å². The maximum atomic E-state index is 9.81. The normalized spacial score (nSPS) is 18.3. The minimum absolute atomic E-state index is 0. The van der Waals surface area contributed by atoms with Crippen molar-refractivity contribution in [3.05, 3.63) is 41.2 Å². The Hall–Kier alpha value is -1.09. The Balaban J connectivity index is 0.000001000. The van der Waals surface area contributed by atoms with Gasteiger partial charge >= 0.3 is 0 Å². The molecule has 0 radical (unpaired) electrons. The molecule has 0 amide bonds. The number of nitroso groups, excluding NO2 is 1. The van der Waals surface area contributed by atoms with Crippen LogP contribution >= 0.6 is 12.4 Å². The van der Waals surface area contributed by atoms with E-state index in [1.807, 2.05) is 36.4 Å². The molecule has 3 nitrogen and oxygen atoms in total. The molecule has 0 spiro atoms. The molecule has 0 atom stereocenters. The number of halogens is 1. The molecule has 0 saturated carbocycles. The van der Waals surface area contributed by atoms with E-state index >= 15 is 0 Å². The first kappa shape index (κ1) is 9.91. The average Bonchev–Trinajstić information content (AvgIpc) is 1.94. The number of hydrogen-bond donors (Lipinski definition) is 0. The van der Waals surface area contributed by atoms with Gasteiger partial charge in [-0.05, 0) is 17.3 Å². The van der Waals surface area contributed by atoms with Crippen LogP contribution in [0, 0.1) is 4.91 Å². The summed E-state index contributed by atoms with van der Waals surface area (Å²) in [5, 5.41) is 2.67. The van der Waals surface area contributed by atoms with Crippen molar-refractivity contribution in [1.29, 1.82) is 0 Å². The second-order valence-electron chi connectivity index (χ2n) is 1.97. The minimum atomic E-state index is 0. The van der Waals surface area contributed by atoms with Crippen LogP contribution in [0.4, 0.5) is 0 Å². The first-order valence-electron chi connectivity index (χ1n) is 2.95. The third-order valence-electron chi connectivity index (χ3n) is 1.28. The van der Waals surface area contributed by atoms with Gasteiger partial charge in [-0.2, -0.15) is 0 Å². The lowest BCUT2D eigenvalue weighted by molar-refractivity contribution is 0.582. The van der Waals surface area contributed by atoms with Gasteiger partial charge in [0.2, 0.25) is 0 Å². The van der Waals surface area contributed by atoms with Crippen molar-refractivity contribution in [2.45, 2.75) is 0 Å². The second-order valence-corrected chi connectivity index (χ2v) is 1.97. The van der Waals surface area contributed by atoms with Crippen LogP contribution in [-0.2, 0) is 0 Å². The van der Waals surface area contributed by atoms with Crippen LogP contribution in [0.3, 0.4) is 0 Å². The summed E-state index contributed by atoms with van der Waals surface area (Å²) in [5.41, 5.74) is 0.803. The number of rotatable bonds is 1. The highest BCUT2D eigenvalue weighted by atomic mass is 35.5. The lowest BCUT2D eigenvalue weighted by Gasteiger charge is -2.15. The molecular formula is C7H9ClN2O. The topological polar surface area (TPSA) is 32.7 Å². The zero-order chi connectivity index (χ0) is 7.40. The molecule has 0 aromatic rings. The molecule has 0 aromatic heterocycles. The summed E-state index contributed by atoms with van der Waals surface area (Å²) in [4.78, 5) is 11.6. The van der Waals surface area contributed by atoms with Crippen LogP contribution in [0.2, 0.25) is 0 Å². The smallest absolute Gasteiger partial charge is 0.0951 e. The molecule has 1 rings (SSSR count). The Kier molecular flexibility index (Phi) is 4.22. The Morgan fingerprint density at radius 2 is 2.27 bits per heavy atom. The summed E-state index contributed by atoms with van der Waals surface area (Å²) in [6.07, 6.45) is 8.71. The molecule has 0 aromatic carbocycles. The van der Waals surface area contributed by atoms with Crippen molar-refractivity contribution < 1.29 is 0 Å². The molecule has 60 valence electrons. The lowest BCUT2D eigenvalue weighted by Crippen LogP contribution is -2.09. The van der Waals surface area contributed by atoms with Gasteiger partial charge in [-0.3, -0.25) is 0 Å². The van der Waals surface area contributed by atoms with E-state index in [1.54, 1.807) is 0 Å². The second kappa shape index (κ2) is 4.68. The summed E-state index contributed by atoms with van der Waals surface area (Å²) in [5.74, 6) is 0. The Morgan fingerprint density at radius 3 is 2.82 bits per heavy atom. The van der Waals surface area contributed by atoms with Crippen molar-refractivity contribution in [2.24, 2.45) is 5.18 Å². The summed E-state index contributed by atoms with van der Waals surface area (Å²) in [7, 11) is 1.86. The third-order valence-corrected chi connectivity index (χ3v) is 1.28.